The summed E-state index contributed by atoms with van der Waals surface area (Å²) in [6.45, 7) is 10.3. The molecule has 2 rings (SSSR count). The van der Waals surface area contributed by atoms with E-state index in [2.05, 4.69) is 24.1 Å². The van der Waals surface area contributed by atoms with Gasteiger partial charge in [-0.25, -0.2) is 0 Å². The van der Waals surface area contributed by atoms with Gasteiger partial charge >= 0.3 is 0 Å². The first-order valence-electron chi connectivity index (χ1n) is 7.35. The minimum atomic E-state index is 0.678. The Labute approximate surface area is 106 Å². The molecule has 0 aromatic heterocycles. The zero-order chi connectivity index (χ0) is 12.1. The summed E-state index contributed by atoms with van der Waals surface area (Å²) in [5.41, 5.74) is 0. The van der Waals surface area contributed by atoms with Gasteiger partial charge in [0.2, 0.25) is 0 Å². The molecule has 0 amide bonds. The zero-order valence-electron chi connectivity index (χ0n) is 11.5. The van der Waals surface area contributed by atoms with Gasteiger partial charge in [-0.15, -0.1) is 0 Å². The first-order valence-corrected chi connectivity index (χ1v) is 7.35. The molecule has 3 heteroatoms. The van der Waals surface area contributed by atoms with Gasteiger partial charge in [0.1, 0.15) is 0 Å². The van der Waals surface area contributed by atoms with Crippen molar-refractivity contribution >= 4 is 0 Å². The van der Waals surface area contributed by atoms with Crippen LogP contribution in [0.2, 0.25) is 0 Å². The monoisotopic (exact) mass is 240 g/mol. The third-order valence-corrected chi connectivity index (χ3v) is 4.51. The van der Waals surface area contributed by atoms with Crippen LogP contribution in [0.5, 0.6) is 0 Å². The maximum absolute atomic E-state index is 5.41. The van der Waals surface area contributed by atoms with Crippen molar-refractivity contribution in [1.29, 1.82) is 0 Å². The summed E-state index contributed by atoms with van der Waals surface area (Å²) >= 11 is 0. The fourth-order valence-corrected chi connectivity index (χ4v) is 3.14. The number of piperidine rings is 1. The topological polar surface area (TPSA) is 24.5 Å². The van der Waals surface area contributed by atoms with Crippen molar-refractivity contribution in [2.75, 3.05) is 32.8 Å². The lowest BCUT2D eigenvalue weighted by Gasteiger charge is -2.36. The Bertz CT molecular complexity index is 208. The summed E-state index contributed by atoms with van der Waals surface area (Å²) in [6, 6.07) is 1.38. The van der Waals surface area contributed by atoms with Crippen LogP contribution in [-0.4, -0.2) is 49.8 Å². The second-order valence-corrected chi connectivity index (χ2v) is 5.61. The fraction of sp³-hybridized carbons (Fsp3) is 1.00. The molecule has 1 atom stereocenters. The summed E-state index contributed by atoms with van der Waals surface area (Å²) in [5, 5.41) is 3.82. The van der Waals surface area contributed by atoms with Crippen molar-refractivity contribution in [3.8, 4) is 0 Å². The van der Waals surface area contributed by atoms with Gasteiger partial charge in [0.25, 0.3) is 0 Å². The molecule has 0 saturated carbocycles. The highest BCUT2D eigenvalue weighted by Gasteiger charge is 2.25. The molecule has 0 spiro atoms. The molecular formula is C14H28N2O. The van der Waals surface area contributed by atoms with Crippen molar-refractivity contribution in [2.24, 2.45) is 5.92 Å². The van der Waals surface area contributed by atoms with E-state index >= 15 is 0 Å². The van der Waals surface area contributed by atoms with Crippen molar-refractivity contribution in [1.82, 2.24) is 10.2 Å². The van der Waals surface area contributed by atoms with Crippen LogP contribution in [-0.2, 0) is 4.74 Å². The van der Waals surface area contributed by atoms with Gasteiger partial charge < -0.3 is 15.0 Å². The summed E-state index contributed by atoms with van der Waals surface area (Å²) in [4.78, 5) is 2.57. The molecule has 1 N–H and O–H groups in total. The van der Waals surface area contributed by atoms with E-state index in [1.807, 2.05) is 0 Å². The molecule has 0 aromatic rings. The van der Waals surface area contributed by atoms with Crippen molar-refractivity contribution in [3.63, 3.8) is 0 Å². The van der Waals surface area contributed by atoms with Crippen molar-refractivity contribution in [2.45, 2.75) is 51.6 Å². The Morgan fingerprint density at radius 1 is 1.18 bits per heavy atom. The van der Waals surface area contributed by atoms with Crippen molar-refractivity contribution < 1.29 is 4.74 Å². The van der Waals surface area contributed by atoms with Gasteiger partial charge in [0.05, 0.1) is 0 Å². The maximum Gasteiger partial charge on any atom is 0.0480 e. The van der Waals surface area contributed by atoms with Gasteiger partial charge in [0, 0.05) is 25.3 Å². The van der Waals surface area contributed by atoms with Crippen LogP contribution in [0.25, 0.3) is 0 Å². The lowest BCUT2D eigenvalue weighted by molar-refractivity contribution is 0.0698. The highest BCUT2D eigenvalue weighted by molar-refractivity contribution is 4.82. The van der Waals surface area contributed by atoms with E-state index in [9.17, 15) is 0 Å². The Morgan fingerprint density at radius 3 is 2.41 bits per heavy atom. The highest BCUT2D eigenvalue weighted by atomic mass is 16.5. The van der Waals surface area contributed by atoms with Crippen LogP contribution >= 0.6 is 0 Å². The highest BCUT2D eigenvalue weighted by Crippen LogP contribution is 2.21. The van der Waals surface area contributed by atoms with E-state index in [-0.39, 0.29) is 0 Å². The summed E-state index contributed by atoms with van der Waals surface area (Å²) in [6.07, 6.45) is 5.12. The number of rotatable bonds is 4. The number of nitrogens with one attached hydrogen (secondary N) is 1. The first kappa shape index (κ1) is 13.3. The third kappa shape index (κ3) is 3.94. The van der Waals surface area contributed by atoms with Crippen LogP contribution < -0.4 is 5.32 Å². The van der Waals surface area contributed by atoms with Gasteiger partial charge in [-0.2, -0.15) is 0 Å². The lowest BCUT2D eigenvalue weighted by Crippen LogP contribution is -2.46. The molecule has 3 nitrogen and oxygen atoms in total. The summed E-state index contributed by atoms with van der Waals surface area (Å²) in [7, 11) is 0. The number of nitrogens with zero attached hydrogens (tertiary/aromatic N) is 1. The molecule has 2 saturated heterocycles. The Morgan fingerprint density at radius 2 is 1.82 bits per heavy atom. The van der Waals surface area contributed by atoms with E-state index in [4.69, 9.17) is 4.74 Å². The van der Waals surface area contributed by atoms with E-state index in [1.54, 1.807) is 0 Å². The summed E-state index contributed by atoms with van der Waals surface area (Å²) < 4.78 is 5.41. The number of hydrogen-bond donors (Lipinski definition) is 1. The number of hydrogen-bond acceptors (Lipinski definition) is 3. The minimum absolute atomic E-state index is 0.678. The van der Waals surface area contributed by atoms with E-state index < -0.39 is 0 Å². The molecule has 1 unspecified atom stereocenters. The second kappa shape index (κ2) is 6.72. The number of likely N-dealkylation sites (tertiary alicyclic amines) is 1. The Balaban J connectivity index is 1.70. The molecular weight excluding hydrogens is 212 g/mol. The number of ether oxygens (including phenoxy) is 1. The van der Waals surface area contributed by atoms with Crippen molar-refractivity contribution in [3.05, 3.63) is 0 Å². The van der Waals surface area contributed by atoms with Crippen LogP contribution in [0.3, 0.4) is 0 Å². The maximum atomic E-state index is 5.41. The molecule has 2 fully saturated rings. The predicted molar refractivity (Wildman–Crippen MR) is 71.3 cm³/mol. The van der Waals surface area contributed by atoms with E-state index in [0.717, 1.165) is 19.1 Å². The second-order valence-electron chi connectivity index (χ2n) is 5.61. The normalized spacial score (nSPS) is 27.2. The van der Waals surface area contributed by atoms with E-state index in [1.165, 1.54) is 45.3 Å². The zero-order valence-corrected chi connectivity index (χ0v) is 11.5. The molecule has 17 heavy (non-hydrogen) atoms. The molecule has 2 heterocycles. The van der Waals surface area contributed by atoms with Crippen LogP contribution in [0.4, 0.5) is 0 Å². The smallest absolute Gasteiger partial charge is 0.0480 e. The predicted octanol–water partition coefficient (Wildman–Crippen LogP) is 1.88. The standard InChI is InChI=1S/C14H28N2O/c1-3-16-8-4-13(5-9-16)12(2)15-14-6-10-17-11-7-14/h12-15H,3-11H2,1-2H3. The first-order chi connectivity index (χ1) is 8.29. The molecule has 2 aliphatic rings. The quantitative estimate of drug-likeness (QED) is 0.812. The average molecular weight is 240 g/mol. The molecule has 0 aliphatic carbocycles. The Kier molecular flexibility index (Phi) is 5.26. The van der Waals surface area contributed by atoms with Gasteiger partial charge in [0.15, 0.2) is 0 Å². The van der Waals surface area contributed by atoms with Gasteiger partial charge in [-0.1, -0.05) is 6.92 Å². The van der Waals surface area contributed by atoms with E-state index in [0.29, 0.717) is 12.1 Å². The lowest BCUT2D eigenvalue weighted by atomic mass is 9.89. The molecule has 0 bridgehead atoms. The largest absolute Gasteiger partial charge is 0.381 e. The molecule has 0 aromatic carbocycles. The third-order valence-electron chi connectivity index (χ3n) is 4.51. The van der Waals surface area contributed by atoms with Gasteiger partial charge in [-0.05, 0) is 58.2 Å². The average Bonchev–Trinajstić information content (AvgIpc) is 2.40. The Hall–Kier alpha value is -0.120. The van der Waals surface area contributed by atoms with Crippen LogP contribution in [0, 0.1) is 5.92 Å². The summed E-state index contributed by atoms with van der Waals surface area (Å²) in [5.74, 6) is 0.876. The minimum Gasteiger partial charge on any atom is -0.381 e. The van der Waals surface area contributed by atoms with Crippen LogP contribution in [0.1, 0.15) is 39.5 Å². The molecule has 0 radical (unpaired) electrons. The van der Waals surface area contributed by atoms with Gasteiger partial charge in [-0.3, -0.25) is 0 Å². The molecule has 100 valence electrons. The molecule has 2 aliphatic heterocycles. The SMILES string of the molecule is CCN1CCC(C(C)NC2CCOCC2)CC1. The fourth-order valence-electron chi connectivity index (χ4n) is 3.14. The van der Waals surface area contributed by atoms with Crippen LogP contribution in [0.15, 0.2) is 0 Å².